The second kappa shape index (κ2) is 7.10. The Morgan fingerprint density at radius 1 is 0.852 bits per heavy atom. The summed E-state index contributed by atoms with van der Waals surface area (Å²) >= 11 is 0. The van der Waals surface area contributed by atoms with Crippen molar-refractivity contribution in [3.8, 4) is 6.07 Å². The Morgan fingerprint density at radius 3 is 2.22 bits per heavy atom. The maximum absolute atomic E-state index is 13.6. The summed E-state index contributed by atoms with van der Waals surface area (Å²) in [6.07, 6.45) is 1.32. The lowest BCUT2D eigenvalue weighted by molar-refractivity contribution is 0.586. The Kier molecular flexibility index (Phi) is 4.33. The van der Waals surface area contributed by atoms with E-state index in [1.54, 1.807) is 6.07 Å². The molecule has 2 heterocycles. The van der Waals surface area contributed by atoms with Crippen molar-refractivity contribution >= 4 is 33.7 Å². The normalized spacial score (nSPS) is 10.4. The first-order valence-corrected chi connectivity index (χ1v) is 8.27. The number of nitrogens with one attached hydrogen (secondary N) is 2. The SMILES string of the molecule is N#Cc1cc(Nc2ccc(Nc3ccccc3)cc2)c2cc(F)ncc2n1. The van der Waals surface area contributed by atoms with Crippen molar-refractivity contribution in [2.45, 2.75) is 0 Å². The van der Waals surface area contributed by atoms with Crippen LogP contribution in [0.15, 0.2) is 72.9 Å². The van der Waals surface area contributed by atoms with Crippen molar-refractivity contribution in [2.24, 2.45) is 0 Å². The number of aromatic nitrogens is 2. The maximum atomic E-state index is 13.6. The van der Waals surface area contributed by atoms with Crippen LogP contribution in [0.2, 0.25) is 0 Å². The number of fused-ring (bicyclic) bond motifs is 1. The molecule has 0 saturated heterocycles. The lowest BCUT2D eigenvalue weighted by atomic mass is 10.2. The van der Waals surface area contributed by atoms with Gasteiger partial charge in [0.1, 0.15) is 11.8 Å². The fraction of sp³-hybridized carbons (Fsp3) is 0. The number of rotatable bonds is 4. The third-order valence-electron chi connectivity index (χ3n) is 4.00. The van der Waals surface area contributed by atoms with Crippen molar-refractivity contribution in [1.29, 1.82) is 5.26 Å². The Bertz CT molecular complexity index is 1140. The molecule has 0 amide bonds. The highest BCUT2D eigenvalue weighted by molar-refractivity contribution is 5.93. The van der Waals surface area contributed by atoms with Crippen LogP contribution in [0.25, 0.3) is 10.9 Å². The van der Waals surface area contributed by atoms with Crippen LogP contribution in [-0.2, 0) is 0 Å². The largest absolute Gasteiger partial charge is 0.356 e. The number of anilines is 4. The van der Waals surface area contributed by atoms with Gasteiger partial charge in [-0.1, -0.05) is 18.2 Å². The molecular formula is C21H14FN5. The van der Waals surface area contributed by atoms with Crippen LogP contribution in [0.1, 0.15) is 5.69 Å². The van der Waals surface area contributed by atoms with Crippen molar-refractivity contribution < 1.29 is 4.39 Å². The van der Waals surface area contributed by atoms with Gasteiger partial charge < -0.3 is 10.6 Å². The number of benzene rings is 2. The van der Waals surface area contributed by atoms with E-state index in [1.807, 2.05) is 60.7 Å². The zero-order valence-corrected chi connectivity index (χ0v) is 14.1. The zero-order valence-electron chi connectivity index (χ0n) is 14.1. The molecule has 0 spiro atoms. The van der Waals surface area contributed by atoms with Gasteiger partial charge in [-0.2, -0.15) is 9.65 Å². The second-order valence-corrected chi connectivity index (χ2v) is 5.88. The average molecular weight is 355 g/mol. The molecule has 4 aromatic rings. The standard InChI is InChI=1S/C21H14FN5/c22-21-11-18-19(10-17(12-23)27-20(18)13-24-21)26-16-8-6-15(7-9-16)25-14-4-2-1-3-5-14/h1-11,13,25H,(H,26,27). The molecule has 5 nitrogen and oxygen atoms in total. The van der Waals surface area contributed by atoms with E-state index < -0.39 is 5.95 Å². The summed E-state index contributed by atoms with van der Waals surface area (Å²) in [6.45, 7) is 0. The van der Waals surface area contributed by atoms with Crippen LogP contribution < -0.4 is 10.6 Å². The molecule has 0 bridgehead atoms. The molecule has 2 aromatic carbocycles. The fourth-order valence-electron chi connectivity index (χ4n) is 2.75. The number of pyridine rings is 2. The summed E-state index contributed by atoms with van der Waals surface area (Å²) in [5.74, 6) is -0.598. The van der Waals surface area contributed by atoms with Gasteiger partial charge in [0.2, 0.25) is 5.95 Å². The molecule has 130 valence electrons. The van der Waals surface area contributed by atoms with Gasteiger partial charge in [0.05, 0.1) is 17.4 Å². The minimum atomic E-state index is -0.598. The molecule has 6 heteroatoms. The predicted octanol–water partition coefficient (Wildman–Crippen LogP) is 5.13. The molecule has 27 heavy (non-hydrogen) atoms. The lowest BCUT2D eigenvalue weighted by Gasteiger charge is -2.11. The number of nitriles is 1. The zero-order chi connectivity index (χ0) is 18.6. The molecule has 2 aromatic heterocycles. The molecule has 0 saturated carbocycles. The van der Waals surface area contributed by atoms with E-state index >= 15 is 0 Å². The minimum absolute atomic E-state index is 0.237. The van der Waals surface area contributed by atoms with Crippen LogP contribution in [0.5, 0.6) is 0 Å². The molecule has 0 aliphatic heterocycles. The third kappa shape index (κ3) is 3.67. The van der Waals surface area contributed by atoms with Crippen LogP contribution in [0, 0.1) is 17.3 Å². The highest BCUT2D eigenvalue weighted by Crippen LogP contribution is 2.27. The molecule has 0 aliphatic carbocycles. The van der Waals surface area contributed by atoms with E-state index in [2.05, 4.69) is 20.6 Å². The Labute approximate surface area is 155 Å². The molecular weight excluding hydrogens is 341 g/mol. The third-order valence-corrected chi connectivity index (χ3v) is 4.00. The molecule has 0 atom stereocenters. The van der Waals surface area contributed by atoms with Crippen molar-refractivity contribution in [2.75, 3.05) is 10.6 Å². The van der Waals surface area contributed by atoms with Gasteiger partial charge >= 0.3 is 0 Å². The van der Waals surface area contributed by atoms with Gasteiger partial charge in [-0.15, -0.1) is 0 Å². The van der Waals surface area contributed by atoms with Crippen molar-refractivity contribution in [3.05, 3.63) is 84.6 Å². The Balaban J connectivity index is 1.62. The average Bonchev–Trinajstić information content (AvgIpc) is 2.70. The summed E-state index contributed by atoms with van der Waals surface area (Å²) in [5, 5.41) is 16.3. The molecule has 0 unspecified atom stereocenters. The molecule has 0 radical (unpaired) electrons. The minimum Gasteiger partial charge on any atom is -0.356 e. The highest BCUT2D eigenvalue weighted by atomic mass is 19.1. The first-order chi connectivity index (χ1) is 13.2. The number of halogens is 1. The molecule has 0 fully saturated rings. The van der Waals surface area contributed by atoms with E-state index in [9.17, 15) is 9.65 Å². The quantitative estimate of drug-likeness (QED) is 0.497. The van der Waals surface area contributed by atoms with Crippen LogP contribution in [0.4, 0.5) is 27.1 Å². The lowest BCUT2D eigenvalue weighted by Crippen LogP contribution is -1.97. The molecule has 2 N–H and O–H groups in total. The highest BCUT2D eigenvalue weighted by Gasteiger charge is 2.08. The van der Waals surface area contributed by atoms with Gasteiger partial charge in [0.15, 0.2) is 0 Å². The van der Waals surface area contributed by atoms with Crippen LogP contribution >= 0.6 is 0 Å². The van der Waals surface area contributed by atoms with Crippen molar-refractivity contribution in [1.82, 2.24) is 9.97 Å². The van der Waals surface area contributed by atoms with Crippen LogP contribution in [0.3, 0.4) is 0 Å². The number of nitrogens with zero attached hydrogens (tertiary/aromatic N) is 3. The van der Waals surface area contributed by atoms with Crippen LogP contribution in [-0.4, -0.2) is 9.97 Å². The van der Waals surface area contributed by atoms with E-state index in [0.29, 0.717) is 16.6 Å². The van der Waals surface area contributed by atoms with Gasteiger partial charge in [0.25, 0.3) is 0 Å². The summed E-state index contributed by atoms with van der Waals surface area (Å²) in [6, 6.07) is 22.5. The number of para-hydroxylation sites is 1. The Morgan fingerprint density at radius 2 is 1.52 bits per heavy atom. The van der Waals surface area contributed by atoms with E-state index in [4.69, 9.17) is 0 Å². The van der Waals surface area contributed by atoms with Gasteiger partial charge in [-0.25, -0.2) is 9.97 Å². The predicted molar refractivity (Wildman–Crippen MR) is 104 cm³/mol. The fourth-order valence-corrected chi connectivity index (χ4v) is 2.75. The number of hydrogen-bond donors (Lipinski definition) is 2. The Hall–Kier alpha value is -3.98. The summed E-state index contributed by atoms with van der Waals surface area (Å²) in [4.78, 5) is 7.77. The van der Waals surface area contributed by atoms with Crippen molar-refractivity contribution in [3.63, 3.8) is 0 Å². The first kappa shape index (κ1) is 16.5. The second-order valence-electron chi connectivity index (χ2n) is 5.88. The van der Waals surface area contributed by atoms with Gasteiger partial charge in [-0.05, 0) is 42.5 Å². The topological polar surface area (TPSA) is 73.6 Å². The smallest absolute Gasteiger partial charge is 0.213 e. The number of hydrogen-bond acceptors (Lipinski definition) is 5. The summed E-state index contributed by atoms with van der Waals surface area (Å²) in [7, 11) is 0. The van der Waals surface area contributed by atoms with Gasteiger partial charge in [-0.3, -0.25) is 0 Å². The summed E-state index contributed by atoms with van der Waals surface area (Å²) in [5.41, 5.74) is 4.05. The summed E-state index contributed by atoms with van der Waals surface area (Å²) < 4.78 is 13.6. The monoisotopic (exact) mass is 355 g/mol. The molecule has 4 rings (SSSR count). The van der Waals surface area contributed by atoms with Gasteiger partial charge in [0, 0.05) is 28.5 Å². The first-order valence-electron chi connectivity index (χ1n) is 8.27. The van der Waals surface area contributed by atoms with E-state index in [0.717, 1.165) is 17.1 Å². The van der Waals surface area contributed by atoms with E-state index in [-0.39, 0.29) is 5.69 Å². The maximum Gasteiger partial charge on any atom is 0.213 e. The molecule has 0 aliphatic rings. The van der Waals surface area contributed by atoms with E-state index in [1.165, 1.54) is 12.3 Å².